The average molecular weight is 218 g/mol. The van der Waals surface area contributed by atoms with Crippen LogP contribution in [0.15, 0.2) is 0 Å². The summed E-state index contributed by atoms with van der Waals surface area (Å²) in [7, 11) is 0. The third-order valence-electron chi connectivity index (χ3n) is 1.78. The highest BCUT2D eigenvalue weighted by Crippen LogP contribution is 2.35. The minimum atomic E-state index is -1.16. The van der Waals surface area contributed by atoms with Crippen LogP contribution in [-0.2, 0) is 4.74 Å². The third kappa shape index (κ3) is 3.84. The van der Waals surface area contributed by atoms with Crippen LogP contribution in [-0.4, -0.2) is 16.0 Å². The summed E-state index contributed by atoms with van der Waals surface area (Å²) in [4.78, 5) is 0. The molecule has 1 nitrogen and oxygen atoms in total. The molecule has 4 heteroatoms. The maximum absolute atomic E-state index is 5.61. The molecule has 2 atom stereocenters. The van der Waals surface area contributed by atoms with Gasteiger partial charge < -0.3 is 4.74 Å². The minimum absolute atomic E-state index is 0.137. The molecule has 11 heavy (non-hydrogen) atoms. The maximum Gasteiger partial charge on any atom is 0.193 e. The Morgan fingerprint density at radius 1 is 1.36 bits per heavy atom. The number of halogens is 3. The van der Waals surface area contributed by atoms with Crippen LogP contribution in [0.4, 0.5) is 0 Å². The Morgan fingerprint density at radius 3 is 2.36 bits per heavy atom. The molecule has 0 N–H and O–H groups in total. The second kappa shape index (κ2) is 3.69. The first-order valence-electron chi connectivity index (χ1n) is 3.69. The van der Waals surface area contributed by atoms with Gasteiger partial charge in [-0.25, -0.2) is 0 Å². The lowest BCUT2D eigenvalue weighted by Gasteiger charge is -2.16. The number of hydrogen-bond donors (Lipinski definition) is 0. The van der Waals surface area contributed by atoms with E-state index in [-0.39, 0.29) is 6.10 Å². The highest BCUT2D eigenvalue weighted by molar-refractivity contribution is 6.67. The van der Waals surface area contributed by atoms with Gasteiger partial charge in [0, 0.05) is 6.42 Å². The lowest BCUT2D eigenvalue weighted by atomic mass is 10.2. The number of ether oxygens (including phenoxy) is 1. The van der Waals surface area contributed by atoms with Crippen LogP contribution in [0.5, 0.6) is 0 Å². The number of rotatable bonds is 1. The topological polar surface area (TPSA) is 9.23 Å². The van der Waals surface area contributed by atoms with E-state index in [0.29, 0.717) is 12.5 Å². The summed E-state index contributed by atoms with van der Waals surface area (Å²) in [6.07, 6.45) is 3.05. The average Bonchev–Trinajstić information content (AvgIpc) is 2.10. The molecular formula is C7H11Cl3O. The quantitative estimate of drug-likeness (QED) is 0.612. The van der Waals surface area contributed by atoms with Gasteiger partial charge in [-0.3, -0.25) is 0 Å². The van der Waals surface area contributed by atoms with Gasteiger partial charge in [-0.2, -0.15) is 0 Å². The first-order valence-corrected chi connectivity index (χ1v) is 4.83. The molecule has 1 aliphatic rings. The highest BCUT2D eigenvalue weighted by atomic mass is 35.6. The largest absolute Gasteiger partial charge is 0.375 e. The van der Waals surface area contributed by atoms with Gasteiger partial charge in [0.25, 0.3) is 0 Å². The second-order valence-corrected chi connectivity index (χ2v) is 5.48. The van der Waals surface area contributed by atoms with Gasteiger partial charge in [0.05, 0.1) is 12.2 Å². The van der Waals surface area contributed by atoms with Crippen LogP contribution in [0.1, 0.15) is 26.2 Å². The fraction of sp³-hybridized carbons (Fsp3) is 1.00. The van der Waals surface area contributed by atoms with Crippen molar-refractivity contribution in [1.29, 1.82) is 0 Å². The zero-order chi connectivity index (χ0) is 8.48. The van der Waals surface area contributed by atoms with E-state index < -0.39 is 3.79 Å². The summed E-state index contributed by atoms with van der Waals surface area (Å²) < 4.78 is 4.33. The van der Waals surface area contributed by atoms with Crippen LogP contribution in [0.2, 0.25) is 0 Å². The van der Waals surface area contributed by atoms with Crippen molar-refractivity contribution in [2.75, 3.05) is 0 Å². The molecule has 0 aromatic rings. The Morgan fingerprint density at radius 2 is 2.00 bits per heavy atom. The van der Waals surface area contributed by atoms with Crippen molar-refractivity contribution in [3.05, 3.63) is 0 Å². The van der Waals surface area contributed by atoms with Gasteiger partial charge in [-0.1, -0.05) is 34.8 Å². The lowest BCUT2D eigenvalue weighted by molar-refractivity contribution is 0.0518. The van der Waals surface area contributed by atoms with Gasteiger partial charge in [0.15, 0.2) is 3.79 Å². The molecule has 0 aromatic heterocycles. The zero-order valence-corrected chi connectivity index (χ0v) is 8.59. The summed E-state index contributed by atoms with van der Waals surface area (Å²) in [5.41, 5.74) is 0. The van der Waals surface area contributed by atoms with Crippen molar-refractivity contribution in [2.24, 2.45) is 0 Å². The molecule has 66 valence electrons. The Kier molecular flexibility index (Phi) is 3.33. The molecule has 0 unspecified atom stereocenters. The molecule has 1 heterocycles. The second-order valence-electron chi connectivity index (χ2n) is 2.97. The fourth-order valence-electron chi connectivity index (χ4n) is 1.29. The first kappa shape index (κ1) is 9.91. The van der Waals surface area contributed by atoms with E-state index in [1.807, 2.05) is 6.92 Å². The van der Waals surface area contributed by atoms with Crippen molar-refractivity contribution < 1.29 is 4.74 Å². The molecule has 1 saturated heterocycles. The van der Waals surface area contributed by atoms with Gasteiger partial charge in [-0.05, 0) is 19.8 Å². The Bertz CT molecular complexity index is 132. The van der Waals surface area contributed by atoms with E-state index in [4.69, 9.17) is 39.5 Å². The molecule has 1 rings (SSSR count). The maximum atomic E-state index is 5.61. The van der Waals surface area contributed by atoms with Crippen LogP contribution in [0.3, 0.4) is 0 Å². The van der Waals surface area contributed by atoms with Gasteiger partial charge in [0.2, 0.25) is 0 Å². The third-order valence-corrected chi connectivity index (χ3v) is 2.24. The molecule has 0 aliphatic carbocycles. The molecular weight excluding hydrogens is 206 g/mol. The van der Waals surface area contributed by atoms with E-state index in [9.17, 15) is 0 Å². The van der Waals surface area contributed by atoms with Crippen molar-refractivity contribution in [2.45, 2.75) is 42.2 Å². The highest BCUT2D eigenvalue weighted by Gasteiger charge is 2.30. The Labute approximate surface area is 81.9 Å². The molecule has 0 amide bonds. The van der Waals surface area contributed by atoms with Crippen molar-refractivity contribution in [3.8, 4) is 0 Å². The Hall–Kier alpha value is 0.830. The summed E-state index contributed by atoms with van der Waals surface area (Å²) >= 11 is 16.8. The molecule has 0 saturated carbocycles. The number of alkyl halides is 3. The van der Waals surface area contributed by atoms with Gasteiger partial charge in [-0.15, -0.1) is 0 Å². The SMILES string of the molecule is C[C@@H]1CC[C@H](CC(Cl)(Cl)Cl)O1. The summed E-state index contributed by atoms with van der Waals surface area (Å²) in [5.74, 6) is 0. The predicted molar refractivity (Wildman–Crippen MR) is 48.5 cm³/mol. The molecule has 0 aromatic carbocycles. The molecule has 1 aliphatic heterocycles. The minimum Gasteiger partial charge on any atom is -0.375 e. The van der Waals surface area contributed by atoms with E-state index >= 15 is 0 Å². The van der Waals surface area contributed by atoms with E-state index in [1.165, 1.54) is 0 Å². The van der Waals surface area contributed by atoms with Crippen molar-refractivity contribution in [3.63, 3.8) is 0 Å². The summed E-state index contributed by atoms with van der Waals surface area (Å²) in [5, 5.41) is 0. The monoisotopic (exact) mass is 216 g/mol. The predicted octanol–water partition coefficient (Wildman–Crippen LogP) is 3.31. The summed E-state index contributed by atoms with van der Waals surface area (Å²) in [6, 6.07) is 0. The van der Waals surface area contributed by atoms with Crippen molar-refractivity contribution in [1.82, 2.24) is 0 Å². The van der Waals surface area contributed by atoms with Crippen LogP contribution < -0.4 is 0 Å². The van der Waals surface area contributed by atoms with Crippen LogP contribution in [0.25, 0.3) is 0 Å². The van der Waals surface area contributed by atoms with E-state index in [2.05, 4.69) is 0 Å². The normalized spacial score (nSPS) is 32.7. The molecule has 0 bridgehead atoms. The standard InChI is InChI=1S/C7H11Cl3O/c1-5-2-3-6(11-5)4-7(8,9)10/h5-6H,2-4H2,1H3/t5-,6-/m1/s1. The lowest BCUT2D eigenvalue weighted by Crippen LogP contribution is -2.16. The molecule has 0 spiro atoms. The van der Waals surface area contributed by atoms with Crippen LogP contribution in [0, 0.1) is 0 Å². The number of hydrogen-bond acceptors (Lipinski definition) is 1. The summed E-state index contributed by atoms with van der Waals surface area (Å²) in [6.45, 7) is 2.04. The van der Waals surface area contributed by atoms with E-state index in [0.717, 1.165) is 12.8 Å². The zero-order valence-electron chi connectivity index (χ0n) is 6.32. The van der Waals surface area contributed by atoms with Gasteiger partial charge in [0.1, 0.15) is 0 Å². The van der Waals surface area contributed by atoms with Crippen molar-refractivity contribution >= 4 is 34.8 Å². The molecule has 1 fully saturated rings. The van der Waals surface area contributed by atoms with E-state index in [1.54, 1.807) is 0 Å². The van der Waals surface area contributed by atoms with Gasteiger partial charge >= 0.3 is 0 Å². The first-order chi connectivity index (χ1) is 4.97. The van der Waals surface area contributed by atoms with Crippen LogP contribution >= 0.6 is 34.8 Å². The molecule has 0 radical (unpaired) electrons. The Balaban J connectivity index is 2.29. The smallest absolute Gasteiger partial charge is 0.193 e. The fourth-order valence-corrected chi connectivity index (χ4v) is 1.81.